The van der Waals surface area contributed by atoms with Gasteiger partial charge in [-0.25, -0.2) is 14.5 Å². The van der Waals surface area contributed by atoms with E-state index in [0.29, 0.717) is 5.82 Å². The summed E-state index contributed by atoms with van der Waals surface area (Å²) in [5.41, 5.74) is 3.64. The Kier molecular flexibility index (Phi) is 5.78. The van der Waals surface area contributed by atoms with E-state index in [1.165, 1.54) is 0 Å². The van der Waals surface area contributed by atoms with Crippen LogP contribution in [0.2, 0.25) is 5.02 Å². The second-order valence-corrected chi connectivity index (χ2v) is 8.10. The number of esters is 1. The number of aryl methyl sites for hydroxylation is 3. The smallest absolute Gasteiger partial charge is 0.359 e. The summed E-state index contributed by atoms with van der Waals surface area (Å²) < 4.78 is 6.93. The number of para-hydroxylation sites is 1. The molecule has 1 unspecified atom stereocenters. The van der Waals surface area contributed by atoms with Gasteiger partial charge in [-0.15, -0.1) is 0 Å². The SMILES string of the molecule is Cc1cc(C)n(-c2ccc(Cl)c(C(=O)OCC(=O)N3c4ccccc4CCC3C)n2)n1. The minimum atomic E-state index is -0.750. The predicted octanol–water partition coefficient (Wildman–Crippen LogP) is 4.06. The first kappa shape index (κ1) is 21.1. The Bertz CT molecular complexity index is 1160. The monoisotopic (exact) mass is 438 g/mol. The Morgan fingerprint density at radius 2 is 1.97 bits per heavy atom. The molecule has 3 heterocycles. The first-order chi connectivity index (χ1) is 14.8. The summed E-state index contributed by atoms with van der Waals surface area (Å²) in [6, 6.07) is 13.0. The maximum absolute atomic E-state index is 12.9. The fourth-order valence-electron chi connectivity index (χ4n) is 3.89. The largest absolute Gasteiger partial charge is 0.451 e. The Morgan fingerprint density at radius 1 is 1.19 bits per heavy atom. The first-order valence-corrected chi connectivity index (χ1v) is 10.5. The number of benzene rings is 1. The second kappa shape index (κ2) is 8.51. The fraction of sp³-hybridized carbons (Fsp3) is 0.304. The second-order valence-electron chi connectivity index (χ2n) is 7.70. The zero-order valence-corrected chi connectivity index (χ0v) is 18.4. The third kappa shape index (κ3) is 4.18. The summed E-state index contributed by atoms with van der Waals surface area (Å²) >= 11 is 6.19. The number of anilines is 1. The van der Waals surface area contributed by atoms with Crippen molar-refractivity contribution in [1.82, 2.24) is 14.8 Å². The van der Waals surface area contributed by atoms with Gasteiger partial charge in [0.2, 0.25) is 0 Å². The summed E-state index contributed by atoms with van der Waals surface area (Å²) in [7, 11) is 0. The van der Waals surface area contributed by atoms with Gasteiger partial charge in [-0.1, -0.05) is 29.8 Å². The number of carbonyl (C=O) groups is 2. The molecule has 8 heteroatoms. The molecule has 0 saturated heterocycles. The standard InChI is InChI=1S/C23H23ClN4O3/c1-14-12-16(3)28(26-14)20-11-10-18(24)22(25-20)23(30)31-13-21(29)27-15(2)8-9-17-6-4-5-7-19(17)27/h4-7,10-12,15H,8-9,13H2,1-3H3. The van der Waals surface area contributed by atoms with Crippen LogP contribution < -0.4 is 4.90 Å². The molecule has 0 fully saturated rings. The van der Waals surface area contributed by atoms with E-state index >= 15 is 0 Å². The van der Waals surface area contributed by atoms with Crippen LogP contribution in [0.1, 0.15) is 40.8 Å². The lowest BCUT2D eigenvalue weighted by Gasteiger charge is -2.35. The van der Waals surface area contributed by atoms with Crippen LogP contribution in [-0.2, 0) is 16.0 Å². The minimum absolute atomic E-state index is 0.0252. The molecule has 0 saturated carbocycles. The van der Waals surface area contributed by atoms with Gasteiger partial charge in [-0.2, -0.15) is 5.10 Å². The molecule has 1 aliphatic heterocycles. The van der Waals surface area contributed by atoms with E-state index in [0.717, 1.165) is 35.5 Å². The van der Waals surface area contributed by atoms with Gasteiger partial charge < -0.3 is 9.64 Å². The molecule has 1 amide bonds. The Labute approximate surface area is 185 Å². The minimum Gasteiger partial charge on any atom is -0.451 e. The normalized spacial score (nSPS) is 15.5. The van der Waals surface area contributed by atoms with Crippen molar-refractivity contribution >= 4 is 29.2 Å². The lowest BCUT2D eigenvalue weighted by atomic mass is 9.96. The van der Waals surface area contributed by atoms with Crippen molar-refractivity contribution in [1.29, 1.82) is 0 Å². The topological polar surface area (TPSA) is 77.3 Å². The van der Waals surface area contributed by atoms with Gasteiger partial charge in [0, 0.05) is 17.4 Å². The highest BCUT2D eigenvalue weighted by Crippen LogP contribution is 2.30. The third-order valence-electron chi connectivity index (χ3n) is 5.37. The van der Waals surface area contributed by atoms with Crippen molar-refractivity contribution in [2.45, 2.75) is 39.7 Å². The predicted molar refractivity (Wildman–Crippen MR) is 118 cm³/mol. The van der Waals surface area contributed by atoms with E-state index in [1.54, 1.807) is 21.7 Å². The van der Waals surface area contributed by atoms with Crippen LogP contribution in [0.3, 0.4) is 0 Å². The summed E-state index contributed by atoms with van der Waals surface area (Å²) in [6.07, 6.45) is 1.77. The van der Waals surface area contributed by atoms with Gasteiger partial charge in [0.05, 0.1) is 10.7 Å². The Hall–Kier alpha value is -3.19. The van der Waals surface area contributed by atoms with Crippen LogP contribution in [0.4, 0.5) is 5.69 Å². The quantitative estimate of drug-likeness (QED) is 0.574. The highest BCUT2D eigenvalue weighted by Gasteiger charge is 2.29. The molecule has 0 spiro atoms. The van der Waals surface area contributed by atoms with Crippen molar-refractivity contribution in [3.63, 3.8) is 0 Å². The molecule has 160 valence electrons. The van der Waals surface area contributed by atoms with Gasteiger partial charge in [-0.3, -0.25) is 4.79 Å². The van der Waals surface area contributed by atoms with E-state index in [1.807, 2.05) is 51.1 Å². The maximum Gasteiger partial charge on any atom is 0.359 e. The van der Waals surface area contributed by atoms with Crippen LogP contribution >= 0.6 is 11.6 Å². The summed E-state index contributed by atoms with van der Waals surface area (Å²) in [5, 5.41) is 4.53. The molecule has 31 heavy (non-hydrogen) atoms. The molecule has 1 aromatic carbocycles. The third-order valence-corrected chi connectivity index (χ3v) is 5.68. The van der Waals surface area contributed by atoms with Gasteiger partial charge in [0.15, 0.2) is 18.1 Å². The van der Waals surface area contributed by atoms with E-state index in [-0.39, 0.29) is 29.3 Å². The highest BCUT2D eigenvalue weighted by molar-refractivity contribution is 6.33. The number of amides is 1. The van der Waals surface area contributed by atoms with Crippen LogP contribution in [0.15, 0.2) is 42.5 Å². The molecular formula is C23H23ClN4O3. The summed E-state index contributed by atoms with van der Waals surface area (Å²) in [4.78, 5) is 31.6. The average Bonchev–Trinajstić information content (AvgIpc) is 3.10. The number of fused-ring (bicyclic) bond motifs is 1. The highest BCUT2D eigenvalue weighted by atomic mass is 35.5. The Balaban J connectivity index is 1.51. The van der Waals surface area contributed by atoms with Crippen LogP contribution in [0.25, 0.3) is 5.82 Å². The van der Waals surface area contributed by atoms with Crippen molar-refractivity contribution in [3.05, 3.63) is 70.1 Å². The summed E-state index contributed by atoms with van der Waals surface area (Å²) in [6.45, 7) is 5.37. The average molecular weight is 439 g/mol. The van der Waals surface area contributed by atoms with Crippen molar-refractivity contribution in [3.8, 4) is 5.82 Å². The number of hydrogen-bond acceptors (Lipinski definition) is 5. The molecule has 0 aliphatic carbocycles. The van der Waals surface area contributed by atoms with Gasteiger partial charge in [0.25, 0.3) is 5.91 Å². The molecule has 3 aromatic rings. The van der Waals surface area contributed by atoms with E-state index in [4.69, 9.17) is 16.3 Å². The fourth-order valence-corrected chi connectivity index (χ4v) is 4.07. The summed E-state index contributed by atoms with van der Waals surface area (Å²) in [5.74, 6) is -0.578. The van der Waals surface area contributed by atoms with Gasteiger partial charge in [0.1, 0.15) is 0 Å². The van der Waals surface area contributed by atoms with E-state index in [2.05, 4.69) is 10.1 Å². The van der Waals surface area contributed by atoms with E-state index < -0.39 is 5.97 Å². The van der Waals surface area contributed by atoms with Gasteiger partial charge >= 0.3 is 5.97 Å². The number of aromatic nitrogens is 3. The van der Waals surface area contributed by atoms with E-state index in [9.17, 15) is 9.59 Å². The molecule has 4 rings (SSSR count). The molecule has 0 bridgehead atoms. The number of carbonyl (C=O) groups excluding carboxylic acids is 2. The van der Waals surface area contributed by atoms with Crippen molar-refractivity contribution in [2.75, 3.05) is 11.5 Å². The molecule has 2 aromatic heterocycles. The molecule has 1 atom stereocenters. The van der Waals surface area contributed by atoms with Crippen LogP contribution in [0, 0.1) is 13.8 Å². The molecule has 7 nitrogen and oxygen atoms in total. The zero-order chi connectivity index (χ0) is 22.1. The Morgan fingerprint density at radius 3 is 2.71 bits per heavy atom. The number of rotatable bonds is 4. The van der Waals surface area contributed by atoms with Crippen LogP contribution in [0.5, 0.6) is 0 Å². The van der Waals surface area contributed by atoms with Gasteiger partial charge in [-0.05, 0) is 63.4 Å². The molecule has 1 aliphatic rings. The first-order valence-electron chi connectivity index (χ1n) is 10.1. The number of halogens is 1. The maximum atomic E-state index is 12.9. The number of hydrogen-bond donors (Lipinski definition) is 0. The molecule has 0 radical (unpaired) electrons. The number of nitrogens with zero attached hydrogens (tertiary/aromatic N) is 4. The lowest BCUT2D eigenvalue weighted by Crippen LogP contribution is -2.44. The number of pyridine rings is 1. The lowest BCUT2D eigenvalue weighted by molar-refractivity contribution is -0.122. The number of ether oxygens (including phenoxy) is 1. The zero-order valence-electron chi connectivity index (χ0n) is 17.6. The molecular weight excluding hydrogens is 416 g/mol. The molecule has 0 N–H and O–H groups in total. The van der Waals surface area contributed by atoms with Crippen LogP contribution in [-0.4, -0.2) is 39.3 Å². The van der Waals surface area contributed by atoms with Crippen molar-refractivity contribution < 1.29 is 14.3 Å². The van der Waals surface area contributed by atoms with Crippen molar-refractivity contribution in [2.24, 2.45) is 0 Å².